The number of thioether (sulfide) groups is 1. The average molecular weight is 317 g/mol. The first kappa shape index (κ1) is 19.1. The monoisotopic (exact) mass is 317 g/mol. The minimum absolute atomic E-state index is 0.00145. The molecule has 0 aliphatic heterocycles. The molecule has 0 aromatic rings. The zero-order valence-electron chi connectivity index (χ0n) is 12.1. The van der Waals surface area contributed by atoms with Gasteiger partial charge in [0.2, 0.25) is 5.91 Å². The van der Waals surface area contributed by atoms with E-state index in [9.17, 15) is 14.4 Å². The number of nitrogens with one attached hydrogen (secondary N) is 2. The first-order valence-electron chi connectivity index (χ1n) is 6.09. The number of carboxylic acid groups (broad SMARTS) is 1. The van der Waals surface area contributed by atoms with E-state index in [1.807, 2.05) is 0 Å². The van der Waals surface area contributed by atoms with E-state index in [0.29, 0.717) is 0 Å². The lowest BCUT2D eigenvalue weighted by molar-refractivity contribution is -0.138. The summed E-state index contributed by atoms with van der Waals surface area (Å²) in [7, 11) is 0. The number of nitrogens with zero attached hydrogens (tertiary/aromatic N) is 1. The quantitative estimate of drug-likeness (QED) is 0.577. The molecule has 0 aliphatic rings. The highest BCUT2D eigenvalue weighted by atomic mass is 32.2. The van der Waals surface area contributed by atoms with E-state index in [1.54, 1.807) is 26.8 Å². The van der Waals surface area contributed by atoms with E-state index in [0.717, 1.165) is 11.8 Å². The minimum atomic E-state index is -1.22. The fourth-order valence-electron chi connectivity index (χ4n) is 1.08. The van der Waals surface area contributed by atoms with E-state index >= 15 is 0 Å². The van der Waals surface area contributed by atoms with Gasteiger partial charge >= 0.3 is 12.1 Å². The highest BCUT2D eigenvalue weighted by molar-refractivity contribution is 8.00. The molecule has 0 rings (SSSR count). The Balaban J connectivity index is 4.21. The Bertz CT molecular complexity index is 428. The Morgan fingerprint density at radius 2 is 2.00 bits per heavy atom. The molecule has 1 unspecified atom stereocenters. The van der Waals surface area contributed by atoms with Crippen LogP contribution in [-0.2, 0) is 14.3 Å². The van der Waals surface area contributed by atoms with Crippen LogP contribution in [0.3, 0.4) is 0 Å². The molecule has 0 fully saturated rings. The van der Waals surface area contributed by atoms with Crippen LogP contribution in [0.15, 0.2) is 0 Å². The van der Waals surface area contributed by atoms with Gasteiger partial charge in [0.05, 0.1) is 11.8 Å². The SMILES string of the molecule is CC(C)(C)OC(=O)NC(CSCC(=O)NCC#N)C(=O)O. The smallest absolute Gasteiger partial charge is 0.408 e. The van der Waals surface area contributed by atoms with Crippen LogP contribution in [0.25, 0.3) is 0 Å². The van der Waals surface area contributed by atoms with Crippen LogP contribution in [0.1, 0.15) is 20.8 Å². The standard InChI is InChI=1S/C12H19N3O5S/c1-12(2,3)20-11(19)15-8(10(17)18)6-21-7-9(16)14-5-4-13/h8H,5-7H2,1-3H3,(H,14,16)(H,15,19)(H,17,18). The van der Waals surface area contributed by atoms with Gasteiger partial charge in [0, 0.05) is 5.75 Å². The minimum Gasteiger partial charge on any atom is -0.480 e. The van der Waals surface area contributed by atoms with Crippen LogP contribution < -0.4 is 10.6 Å². The van der Waals surface area contributed by atoms with E-state index in [-0.39, 0.29) is 24.0 Å². The molecule has 0 heterocycles. The average Bonchev–Trinajstić information content (AvgIpc) is 2.32. The molecule has 0 aromatic heterocycles. The summed E-state index contributed by atoms with van der Waals surface area (Å²) in [6, 6.07) is 0.596. The molecule has 0 radical (unpaired) electrons. The van der Waals surface area contributed by atoms with E-state index < -0.39 is 23.7 Å². The van der Waals surface area contributed by atoms with Gasteiger partial charge in [-0.25, -0.2) is 9.59 Å². The Labute approximate surface area is 127 Å². The lowest BCUT2D eigenvalue weighted by Crippen LogP contribution is -2.45. The first-order chi connectivity index (χ1) is 9.65. The van der Waals surface area contributed by atoms with Gasteiger partial charge in [-0.05, 0) is 20.8 Å². The normalized spacial score (nSPS) is 11.9. The van der Waals surface area contributed by atoms with E-state index in [1.165, 1.54) is 0 Å². The summed E-state index contributed by atoms with van der Waals surface area (Å²) >= 11 is 1.04. The highest BCUT2D eigenvalue weighted by Gasteiger charge is 2.24. The second kappa shape index (κ2) is 9.07. The van der Waals surface area contributed by atoms with Crippen molar-refractivity contribution in [3.05, 3.63) is 0 Å². The summed E-state index contributed by atoms with van der Waals surface area (Å²) in [6.07, 6.45) is -0.829. The van der Waals surface area contributed by atoms with Gasteiger partial charge in [-0.15, -0.1) is 11.8 Å². The van der Waals surface area contributed by atoms with E-state index in [4.69, 9.17) is 15.1 Å². The summed E-state index contributed by atoms with van der Waals surface area (Å²) in [5, 5.41) is 21.8. The van der Waals surface area contributed by atoms with Crippen LogP contribution in [0.5, 0.6) is 0 Å². The van der Waals surface area contributed by atoms with Gasteiger partial charge in [-0.2, -0.15) is 5.26 Å². The Hall–Kier alpha value is -1.95. The van der Waals surface area contributed by atoms with Crippen molar-refractivity contribution in [2.45, 2.75) is 32.4 Å². The lowest BCUT2D eigenvalue weighted by Gasteiger charge is -2.21. The Kier molecular flexibility index (Phi) is 8.23. The summed E-state index contributed by atoms with van der Waals surface area (Å²) < 4.78 is 4.96. The number of nitriles is 1. The molecule has 0 aliphatic carbocycles. The van der Waals surface area contributed by atoms with Crippen LogP contribution in [0.4, 0.5) is 4.79 Å². The number of hydrogen-bond donors (Lipinski definition) is 3. The molecule has 0 saturated carbocycles. The second-order valence-corrected chi connectivity index (χ2v) is 6.02. The number of alkyl carbamates (subject to hydrolysis) is 1. The summed E-state index contributed by atoms with van der Waals surface area (Å²) in [4.78, 5) is 33.7. The number of carbonyl (C=O) groups is 3. The molecule has 118 valence electrons. The van der Waals surface area contributed by atoms with Gasteiger partial charge in [-0.3, -0.25) is 4.79 Å². The maximum absolute atomic E-state index is 11.5. The van der Waals surface area contributed by atoms with Gasteiger partial charge in [-0.1, -0.05) is 0 Å². The number of carbonyl (C=O) groups excluding carboxylic acids is 2. The predicted molar refractivity (Wildman–Crippen MR) is 76.7 cm³/mol. The van der Waals surface area contributed by atoms with Gasteiger partial charge in [0.1, 0.15) is 18.2 Å². The largest absolute Gasteiger partial charge is 0.480 e. The van der Waals surface area contributed by atoms with Crippen molar-refractivity contribution >= 4 is 29.7 Å². The van der Waals surface area contributed by atoms with Crippen LogP contribution in [0.2, 0.25) is 0 Å². The van der Waals surface area contributed by atoms with Crippen LogP contribution in [0, 0.1) is 11.3 Å². The molecule has 0 saturated heterocycles. The number of aliphatic carboxylic acids is 1. The summed E-state index contributed by atoms with van der Waals surface area (Å²) in [5.41, 5.74) is -0.725. The molecule has 0 aromatic carbocycles. The summed E-state index contributed by atoms with van der Waals surface area (Å²) in [5.74, 6) is -1.58. The second-order valence-electron chi connectivity index (χ2n) is 4.99. The van der Waals surface area contributed by atoms with Crippen molar-refractivity contribution in [3.63, 3.8) is 0 Å². The molecular formula is C12H19N3O5S. The molecule has 2 amide bonds. The number of rotatable bonds is 7. The van der Waals surface area contributed by atoms with Crippen molar-refractivity contribution in [3.8, 4) is 6.07 Å². The third-order valence-electron chi connectivity index (χ3n) is 1.87. The van der Waals surface area contributed by atoms with Gasteiger partial charge in [0.25, 0.3) is 0 Å². The van der Waals surface area contributed by atoms with Gasteiger partial charge < -0.3 is 20.5 Å². The predicted octanol–water partition coefficient (Wildman–Crippen LogP) is 0.337. The van der Waals surface area contributed by atoms with Crippen molar-refractivity contribution in [2.24, 2.45) is 0 Å². The van der Waals surface area contributed by atoms with Crippen molar-refractivity contribution in [1.29, 1.82) is 5.26 Å². The van der Waals surface area contributed by atoms with Crippen LogP contribution in [-0.4, -0.2) is 52.8 Å². The molecule has 8 nitrogen and oxygen atoms in total. The highest BCUT2D eigenvalue weighted by Crippen LogP contribution is 2.08. The zero-order valence-corrected chi connectivity index (χ0v) is 13.0. The number of carboxylic acids is 1. The number of ether oxygens (including phenoxy) is 1. The Morgan fingerprint density at radius 1 is 1.38 bits per heavy atom. The maximum Gasteiger partial charge on any atom is 0.408 e. The molecule has 3 N–H and O–H groups in total. The first-order valence-corrected chi connectivity index (χ1v) is 7.25. The molecule has 21 heavy (non-hydrogen) atoms. The molecule has 9 heteroatoms. The number of hydrogen-bond acceptors (Lipinski definition) is 6. The fraction of sp³-hybridized carbons (Fsp3) is 0.667. The zero-order chi connectivity index (χ0) is 16.5. The van der Waals surface area contributed by atoms with E-state index in [2.05, 4.69) is 10.6 Å². The third kappa shape index (κ3) is 10.5. The van der Waals surface area contributed by atoms with Crippen LogP contribution >= 0.6 is 11.8 Å². The fourth-order valence-corrected chi connectivity index (χ4v) is 1.95. The summed E-state index contributed by atoms with van der Waals surface area (Å²) in [6.45, 7) is 4.89. The molecule has 1 atom stereocenters. The lowest BCUT2D eigenvalue weighted by atomic mass is 10.2. The van der Waals surface area contributed by atoms with Crippen molar-refractivity contribution < 1.29 is 24.2 Å². The Morgan fingerprint density at radius 3 is 2.48 bits per heavy atom. The molecular weight excluding hydrogens is 298 g/mol. The maximum atomic E-state index is 11.5. The van der Waals surface area contributed by atoms with Crippen molar-refractivity contribution in [2.75, 3.05) is 18.1 Å². The topological polar surface area (TPSA) is 129 Å². The number of amides is 2. The van der Waals surface area contributed by atoms with Gasteiger partial charge in [0.15, 0.2) is 0 Å². The third-order valence-corrected chi connectivity index (χ3v) is 2.91. The molecule has 0 bridgehead atoms. The molecule has 0 spiro atoms. The van der Waals surface area contributed by atoms with Crippen molar-refractivity contribution in [1.82, 2.24) is 10.6 Å².